The standard InChI is InChI=1S/C26H30FNO2/c27-22-10-11-24-21(18-22)9-8-20-4-1-2-5-23(20)25(24)6-3-15-28-16-13-19(14-17-28)7-12-26(29)30/h1-2,4-6,10-11,18-19H,3,7-9,12-17H2,(H,29,30). The van der Waals surface area contributed by atoms with E-state index in [-0.39, 0.29) is 12.2 Å². The van der Waals surface area contributed by atoms with Gasteiger partial charge < -0.3 is 10.0 Å². The van der Waals surface area contributed by atoms with Gasteiger partial charge in [-0.2, -0.15) is 0 Å². The number of fused-ring (bicyclic) bond motifs is 2. The van der Waals surface area contributed by atoms with Gasteiger partial charge in [-0.3, -0.25) is 4.79 Å². The van der Waals surface area contributed by atoms with Gasteiger partial charge in [0.1, 0.15) is 5.82 Å². The van der Waals surface area contributed by atoms with Crippen molar-refractivity contribution in [2.24, 2.45) is 5.92 Å². The molecule has 1 aliphatic carbocycles. The molecule has 0 spiro atoms. The van der Waals surface area contributed by atoms with Crippen molar-refractivity contribution in [3.8, 4) is 0 Å². The monoisotopic (exact) mass is 407 g/mol. The van der Waals surface area contributed by atoms with Gasteiger partial charge in [0.05, 0.1) is 0 Å². The summed E-state index contributed by atoms with van der Waals surface area (Å²) in [7, 11) is 0. The Morgan fingerprint density at radius 2 is 1.80 bits per heavy atom. The molecule has 0 amide bonds. The van der Waals surface area contributed by atoms with E-state index in [2.05, 4.69) is 35.2 Å². The van der Waals surface area contributed by atoms with Crippen LogP contribution in [0.1, 0.15) is 54.4 Å². The summed E-state index contributed by atoms with van der Waals surface area (Å²) >= 11 is 0. The quantitative estimate of drug-likeness (QED) is 0.704. The van der Waals surface area contributed by atoms with Crippen LogP contribution in [0, 0.1) is 11.7 Å². The predicted molar refractivity (Wildman–Crippen MR) is 118 cm³/mol. The lowest BCUT2D eigenvalue weighted by atomic mass is 9.91. The summed E-state index contributed by atoms with van der Waals surface area (Å²) in [5.74, 6) is -0.302. The number of benzene rings is 2. The number of hydrogen-bond acceptors (Lipinski definition) is 2. The van der Waals surface area contributed by atoms with Crippen molar-refractivity contribution in [3.05, 3.63) is 76.6 Å². The van der Waals surface area contributed by atoms with Crippen LogP contribution in [0.2, 0.25) is 0 Å². The van der Waals surface area contributed by atoms with Crippen LogP contribution < -0.4 is 0 Å². The maximum atomic E-state index is 13.9. The molecule has 0 aromatic heterocycles. The maximum absolute atomic E-state index is 13.9. The summed E-state index contributed by atoms with van der Waals surface area (Å²) < 4.78 is 13.9. The molecule has 4 heteroatoms. The lowest BCUT2D eigenvalue weighted by Gasteiger charge is -2.31. The minimum atomic E-state index is -0.687. The third kappa shape index (κ3) is 4.99. The molecular weight excluding hydrogens is 377 g/mol. The summed E-state index contributed by atoms with van der Waals surface area (Å²) in [6, 6.07) is 13.7. The van der Waals surface area contributed by atoms with E-state index in [0.29, 0.717) is 5.92 Å². The van der Waals surface area contributed by atoms with Gasteiger partial charge in [0.2, 0.25) is 0 Å². The van der Waals surface area contributed by atoms with Crippen LogP contribution in [0.4, 0.5) is 4.39 Å². The number of carbonyl (C=O) groups is 1. The van der Waals surface area contributed by atoms with E-state index in [9.17, 15) is 9.18 Å². The average molecular weight is 408 g/mol. The Balaban J connectivity index is 1.44. The molecule has 0 bridgehead atoms. The van der Waals surface area contributed by atoms with E-state index in [1.165, 1.54) is 16.7 Å². The second kappa shape index (κ2) is 9.57. The van der Waals surface area contributed by atoms with Crippen LogP contribution in [0.15, 0.2) is 48.5 Å². The smallest absolute Gasteiger partial charge is 0.303 e. The summed E-state index contributed by atoms with van der Waals surface area (Å²) in [5, 5.41) is 8.87. The molecule has 158 valence electrons. The lowest BCUT2D eigenvalue weighted by Crippen LogP contribution is -2.34. The summed E-state index contributed by atoms with van der Waals surface area (Å²) in [4.78, 5) is 13.3. The van der Waals surface area contributed by atoms with E-state index in [4.69, 9.17) is 5.11 Å². The predicted octanol–water partition coefficient (Wildman–Crippen LogP) is 5.32. The molecule has 3 nitrogen and oxygen atoms in total. The highest BCUT2D eigenvalue weighted by atomic mass is 19.1. The molecule has 30 heavy (non-hydrogen) atoms. The minimum absolute atomic E-state index is 0.162. The maximum Gasteiger partial charge on any atom is 0.303 e. The highest BCUT2D eigenvalue weighted by molar-refractivity contribution is 5.83. The molecule has 0 atom stereocenters. The fourth-order valence-electron chi connectivity index (χ4n) is 4.89. The average Bonchev–Trinajstić information content (AvgIpc) is 2.90. The molecule has 2 aliphatic rings. The second-order valence-electron chi connectivity index (χ2n) is 8.58. The highest BCUT2D eigenvalue weighted by Gasteiger charge is 2.21. The number of carboxylic acid groups (broad SMARTS) is 1. The first-order chi connectivity index (χ1) is 14.6. The lowest BCUT2D eigenvalue weighted by molar-refractivity contribution is -0.137. The topological polar surface area (TPSA) is 40.5 Å². The number of carboxylic acids is 1. The van der Waals surface area contributed by atoms with Gasteiger partial charge >= 0.3 is 5.97 Å². The Bertz CT molecular complexity index is 928. The molecule has 2 aromatic carbocycles. The number of hydrogen-bond donors (Lipinski definition) is 1. The van der Waals surface area contributed by atoms with E-state index < -0.39 is 5.97 Å². The van der Waals surface area contributed by atoms with E-state index in [1.54, 1.807) is 12.1 Å². The van der Waals surface area contributed by atoms with Crippen molar-refractivity contribution >= 4 is 11.5 Å². The summed E-state index contributed by atoms with van der Waals surface area (Å²) in [6.07, 6.45) is 8.37. The fourth-order valence-corrected chi connectivity index (χ4v) is 4.89. The number of likely N-dealkylation sites (tertiary alicyclic amines) is 1. The van der Waals surface area contributed by atoms with E-state index in [0.717, 1.165) is 69.3 Å². The Morgan fingerprint density at radius 1 is 1.07 bits per heavy atom. The molecule has 0 saturated carbocycles. The van der Waals surface area contributed by atoms with Gasteiger partial charge in [0, 0.05) is 13.0 Å². The molecular formula is C26H30FNO2. The molecule has 2 aromatic rings. The van der Waals surface area contributed by atoms with Crippen LogP contribution in [0.25, 0.3) is 5.57 Å². The van der Waals surface area contributed by atoms with E-state index in [1.807, 2.05) is 6.07 Å². The second-order valence-corrected chi connectivity index (χ2v) is 8.58. The Morgan fingerprint density at radius 3 is 2.60 bits per heavy atom. The Hall–Kier alpha value is -2.46. The Kier molecular flexibility index (Phi) is 6.63. The number of halogens is 1. The van der Waals surface area contributed by atoms with Crippen LogP contribution in [-0.2, 0) is 17.6 Å². The van der Waals surface area contributed by atoms with Crippen molar-refractivity contribution in [1.82, 2.24) is 4.90 Å². The van der Waals surface area contributed by atoms with Crippen LogP contribution in [0.5, 0.6) is 0 Å². The minimum Gasteiger partial charge on any atom is -0.481 e. The molecule has 1 saturated heterocycles. The normalized spacial score (nSPS) is 18.6. The van der Waals surface area contributed by atoms with Gasteiger partial charge in [0.25, 0.3) is 0 Å². The molecule has 0 unspecified atom stereocenters. The third-order valence-corrected chi connectivity index (χ3v) is 6.60. The van der Waals surface area contributed by atoms with Gasteiger partial charge in [-0.05, 0) is 97.5 Å². The van der Waals surface area contributed by atoms with Crippen LogP contribution in [0.3, 0.4) is 0 Å². The number of aryl methyl sites for hydroxylation is 2. The fraction of sp³-hybridized carbons (Fsp3) is 0.423. The molecule has 0 radical (unpaired) electrons. The van der Waals surface area contributed by atoms with Crippen molar-refractivity contribution in [2.75, 3.05) is 19.6 Å². The van der Waals surface area contributed by atoms with Crippen molar-refractivity contribution < 1.29 is 14.3 Å². The first-order valence-corrected chi connectivity index (χ1v) is 11.1. The first kappa shape index (κ1) is 20.8. The number of aliphatic carboxylic acids is 1. The Labute approximate surface area is 178 Å². The number of nitrogens with zero attached hydrogens (tertiary/aromatic N) is 1. The molecule has 1 fully saturated rings. The van der Waals surface area contributed by atoms with E-state index >= 15 is 0 Å². The highest BCUT2D eigenvalue weighted by Crippen LogP contribution is 2.34. The summed E-state index contributed by atoms with van der Waals surface area (Å²) in [5.41, 5.74) is 6.09. The SMILES string of the molecule is O=C(O)CCC1CCN(CCC=C2c3ccccc3CCc3cc(F)ccc32)CC1. The molecule has 1 heterocycles. The van der Waals surface area contributed by atoms with Crippen LogP contribution in [-0.4, -0.2) is 35.6 Å². The number of rotatable bonds is 6. The molecule has 4 rings (SSSR count). The van der Waals surface area contributed by atoms with Gasteiger partial charge in [0.15, 0.2) is 0 Å². The largest absolute Gasteiger partial charge is 0.481 e. The van der Waals surface area contributed by atoms with Crippen molar-refractivity contribution in [2.45, 2.75) is 44.9 Å². The van der Waals surface area contributed by atoms with Crippen molar-refractivity contribution in [3.63, 3.8) is 0 Å². The van der Waals surface area contributed by atoms with Gasteiger partial charge in [-0.1, -0.05) is 36.4 Å². The van der Waals surface area contributed by atoms with Crippen molar-refractivity contribution in [1.29, 1.82) is 0 Å². The zero-order valence-corrected chi connectivity index (χ0v) is 17.4. The molecule has 1 N–H and O–H groups in total. The first-order valence-electron chi connectivity index (χ1n) is 11.1. The summed E-state index contributed by atoms with van der Waals surface area (Å²) in [6.45, 7) is 3.10. The third-order valence-electron chi connectivity index (χ3n) is 6.60. The molecule has 1 aliphatic heterocycles. The van der Waals surface area contributed by atoms with Gasteiger partial charge in [-0.15, -0.1) is 0 Å². The van der Waals surface area contributed by atoms with Crippen LogP contribution >= 0.6 is 0 Å². The number of piperidine rings is 1. The zero-order valence-electron chi connectivity index (χ0n) is 17.4. The zero-order chi connectivity index (χ0) is 20.9. The van der Waals surface area contributed by atoms with Gasteiger partial charge in [-0.25, -0.2) is 4.39 Å².